The van der Waals surface area contributed by atoms with Gasteiger partial charge in [-0.25, -0.2) is 4.99 Å². The van der Waals surface area contributed by atoms with Crippen LogP contribution in [0.5, 0.6) is 17.2 Å². The van der Waals surface area contributed by atoms with Gasteiger partial charge in [0.15, 0.2) is 16.3 Å². The predicted molar refractivity (Wildman–Crippen MR) is 123 cm³/mol. The molecule has 2 heterocycles. The maximum Gasteiger partial charge on any atom is 0.203 e. The molecule has 1 aliphatic rings. The fraction of sp³-hybridized carbons (Fsp3) is 0.417. The number of hydrogen-bond donors (Lipinski definition) is 0. The van der Waals surface area contributed by atoms with Gasteiger partial charge in [0.1, 0.15) is 0 Å². The average molecular weight is 440 g/mol. The summed E-state index contributed by atoms with van der Waals surface area (Å²) in [6, 6.07) is 7.91. The molecule has 0 aliphatic heterocycles. The fourth-order valence-electron chi connectivity index (χ4n) is 4.21. The van der Waals surface area contributed by atoms with Crippen LogP contribution < -0.4 is 19.0 Å². The maximum absolute atomic E-state index is 5.59. The first-order valence-corrected chi connectivity index (χ1v) is 11.5. The number of thiazole rings is 1. The summed E-state index contributed by atoms with van der Waals surface area (Å²) in [6.07, 6.45) is 10.1. The van der Waals surface area contributed by atoms with E-state index in [9.17, 15) is 0 Å². The van der Waals surface area contributed by atoms with Crippen molar-refractivity contribution < 1.29 is 14.2 Å². The van der Waals surface area contributed by atoms with Gasteiger partial charge in [-0.2, -0.15) is 0 Å². The van der Waals surface area contributed by atoms with Crippen molar-refractivity contribution >= 4 is 17.0 Å². The summed E-state index contributed by atoms with van der Waals surface area (Å²) in [5.74, 6) is 2.57. The highest BCUT2D eigenvalue weighted by atomic mass is 32.1. The second kappa shape index (κ2) is 10.0. The van der Waals surface area contributed by atoms with E-state index in [0.29, 0.717) is 23.2 Å². The molecule has 1 aliphatic carbocycles. The molecule has 6 nitrogen and oxygen atoms in total. The summed E-state index contributed by atoms with van der Waals surface area (Å²) in [5, 5.41) is 2.17. The smallest absolute Gasteiger partial charge is 0.203 e. The summed E-state index contributed by atoms with van der Waals surface area (Å²) in [4.78, 5) is 10.1. The zero-order chi connectivity index (χ0) is 21.6. The van der Waals surface area contributed by atoms with Crippen LogP contribution in [0.1, 0.15) is 32.1 Å². The van der Waals surface area contributed by atoms with Crippen molar-refractivity contribution in [2.75, 3.05) is 21.3 Å². The van der Waals surface area contributed by atoms with E-state index in [1.54, 1.807) is 45.1 Å². The van der Waals surface area contributed by atoms with Gasteiger partial charge in [0.25, 0.3) is 0 Å². The molecule has 0 unspecified atom stereocenters. The molecule has 1 fully saturated rings. The minimum Gasteiger partial charge on any atom is -0.493 e. The van der Waals surface area contributed by atoms with E-state index in [1.165, 1.54) is 32.1 Å². The molecule has 0 spiro atoms. The SMILES string of the molecule is COc1cc(-c2csc(=Nc3cccnc3)n2CC2CCCCC2)cc(OC)c1OC. The molecular formula is C24H29N3O3S. The topological polar surface area (TPSA) is 57.9 Å². The van der Waals surface area contributed by atoms with Gasteiger partial charge in [-0.05, 0) is 43.0 Å². The predicted octanol–water partition coefficient (Wildman–Crippen LogP) is 5.45. The third-order valence-electron chi connectivity index (χ3n) is 5.79. The Bertz CT molecular complexity index is 1040. The standard InChI is InChI=1S/C24H29N3O3S/c1-28-21-12-18(13-22(29-2)23(21)30-3)20-16-31-24(26-19-10-7-11-25-14-19)27(20)15-17-8-5-4-6-9-17/h7,10-14,16-17H,4-6,8-9,15H2,1-3H3. The van der Waals surface area contributed by atoms with Gasteiger partial charge in [-0.3, -0.25) is 4.98 Å². The Morgan fingerprint density at radius 3 is 2.42 bits per heavy atom. The maximum atomic E-state index is 5.59. The lowest BCUT2D eigenvalue weighted by Crippen LogP contribution is -2.22. The second-order valence-electron chi connectivity index (χ2n) is 7.76. The molecule has 0 atom stereocenters. The highest BCUT2D eigenvalue weighted by Gasteiger charge is 2.20. The minimum atomic E-state index is 0.600. The first-order valence-electron chi connectivity index (χ1n) is 10.7. The van der Waals surface area contributed by atoms with Crippen molar-refractivity contribution in [1.29, 1.82) is 0 Å². The van der Waals surface area contributed by atoms with Gasteiger partial charge in [-0.15, -0.1) is 11.3 Å². The highest BCUT2D eigenvalue weighted by molar-refractivity contribution is 7.07. The lowest BCUT2D eigenvalue weighted by atomic mass is 9.89. The molecule has 2 aromatic heterocycles. The summed E-state index contributed by atoms with van der Waals surface area (Å²) < 4.78 is 19.0. The zero-order valence-electron chi connectivity index (χ0n) is 18.3. The molecule has 0 N–H and O–H groups in total. The molecule has 0 saturated heterocycles. The van der Waals surface area contributed by atoms with Gasteiger partial charge in [-0.1, -0.05) is 19.3 Å². The molecule has 3 aromatic rings. The van der Waals surface area contributed by atoms with Crippen LogP contribution in [-0.4, -0.2) is 30.9 Å². The van der Waals surface area contributed by atoms with Gasteiger partial charge < -0.3 is 18.8 Å². The first kappa shape index (κ1) is 21.4. The largest absolute Gasteiger partial charge is 0.493 e. The normalized spacial score (nSPS) is 15.1. The van der Waals surface area contributed by atoms with Crippen LogP contribution in [0.2, 0.25) is 0 Å². The minimum absolute atomic E-state index is 0.600. The number of rotatable bonds is 7. The molecule has 0 radical (unpaired) electrons. The number of methoxy groups -OCH3 is 3. The Kier molecular flexibility index (Phi) is 6.92. The molecule has 164 valence electrons. The molecule has 0 bridgehead atoms. The molecule has 7 heteroatoms. The first-order chi connectivity index (χ1) is 15.2. The van der Waals surface area contributed by atoms with Crippen molar-refractivity contribution in [3.63, 3.8) is 0 Å². The van der Waals surface area contributed by atoms with E-state index in [4.69, 9.17) is 19.2 Å². The average Bonchev–Trinajstić information content (AvgIpc) is 3.21. The van der Waals surface area contributed by atoms with Crippen LogP contribution >= 0.6 is 11.3 Å². The van der Waals surface area contributed by atoms with Crippen LogP contribution in [0, 0.1) is 5.92 Å². The number of benzene rings is 1. The number of aromatic nitrogens is 2. The van der Waals surface area contributed by atoms with Crippen molar-refractivity contribution in [2.24, 2.45) is 10.9 Å². The Hall–Kier alpha value is -2.80. The van der Waals surface area contributed by atoms with E-state index in [2.05, 4.69) is 14.9 Å². The Labute approximate surface area is 187 Å². The lowest BCUT2D eigenvalue weighted by molar-refractivity contribution is 0.318. The third-order valence-corrected chi connectivity index (χ3v) is 6.66. The Morgan fingerprint density at radius 1 is 1.06 bits per heavy atom. The number of hydrogen-bond acceptors (Lipinski definition) is 6. The van der Waals surface area contributed by atoms with Crippen molar-refractivity contribution in [3.8, 4) is 28.5 Å². The summed E-state index contributed by atoms with van der Waals surface area (Å²) in [7, 11) is 4.92. The summed E-state index contributed by atoms with van der Waals surface area (Å²) >= 11 is 1.65. The van der Waals surface area contributed by atoms with Crippen LogP contribution in [0.3, 0.4) is 0 Å². The summed E-state index contributed by atoms with van der Waals surface area (Å²) in [5.41, 5.74) is 2.99. The van der Waals surface area contributed by atoms with Gasteiger partial charge in [0.05, 0.1) is 38.9 Å². The van der Waals surface area contributed by atoms with Crippen LogP contribution in [0.15, 0.2) is 47.0 Å². The second-order valence-corrected chi connectivity index (χ2v) is 8.59. The summed E-state index contributed by atoms with van der Waals surface area (Å²) in [6.45, 7) is 0.953. The molecule has 0 amide bonds. The Morgan fingerprint density at radius 2 is 1.81 bits per heavy atom. The van der Waals surface area contributed by atoms with E-state index in [1.807, 2.05) is 24.3 Å². The van der Waals surface area contributed by atoms with Gasteiger partial charge >= 0.3 is 0 Å². The van der Waals surface area contributed by atoms with E-state index >= 15 is 0 Å². The zero-order valence-corrected chi connectivity index (χ0v) is 19.2. The van der Waals surface area contributed by atoms with Gasteiger partial charge in [0.2, 0.25) is 5.75 Å². The number of nitrogens with zero attached hydrogens (tertiary/aromatic N) is 3. The molecule has 31 heavy (non-hydrogen) atoms. The molecule has 1 aromatic carbocycles. The van der Waals surface area contributed by atoms with E-state index in [0.717, 1.165) is 28.3 Å². The number of pyridine rings is 1. The van der Waals surface area contributed by atoms with Crippen molar-refractivity contribution in [3.05, 3.63) is 46.8 Å². The molecule has 1 saturated carbocycles. The quantitative estimate of drug-likeness (QED) is 0.491. The Balaban J connectivity index is 1.83. The van der Waals surface area contributed by atoms with Crippen molar-refractivity contribution in [1.82, 2.24) is 9.55 Å². The molecule has 4 rings (SSSR count). The monoisotopic (exact) mass is 439 g/mol. The lowest BCUT2D eigenvalue weighted by Gasteiger charge is -2.23. The van der Waals surface area contributed by atoms with Crippen LogP contribution in [-0.2, 0) is 6.54 Å². The van der Waals surface area contributed by atoms with E-state index in [-0.39, 0.29) is 0 Å². The van der Waals surface area contributed by atoms with Crippen LogP contribution in [0.25, 0.3) is 11.3 Å². The van der Waals surface area contributed by atoms with Crippen LogP contribution in [0.4, 0.5) is 5.69 Å². The number of ether oxygens (including phenoxy) is 3. The van der Waals surface area contributed by atoms with E-state index < -0.39 is 0 Å². The fourth-order valence-corrected chi connectivity index (χ4v) is 5.15. The highest BCUT2D eigenvalue weighted by Crippen LogP contribution is 2.41. The van der Waals surface area contributed by atoms with Crippen molar-refractivity contribution in [2.45, 2.75) is 38.6 Å². The van der Waals surface area contributed by atoms with Gasteiger partial charge in [0, 0.05) is 23.7 Å². The third kappa shape index (κ3) is 4.77. The molecular weight excluding hydrogens is 410 g/mol.